The molecular weight excluding hydrogens is 500 g/mol. The fourth-order valence-electron chi connectivity index (χ4n) is 7.23. The van der Waals surface area contributed by atoms with E-state index in [4.69, 9.17) is 4.42 Å². The second-order valence-corrected chi connectivity index (χ2v) is 11.0. The van der Waals surface area contributed by atoms with Crippen molar-refractivity contribution in [1.29, 1.82) is 0 Å². The summed E-state index contributed by atoms with van der Waals surface area (Å²) < 4.78 is 6.82. The molecule has 0 saturated heterocycles. The molecule has 7 aromatic carbocycles. The normalized spacial score (nSPS) is 12.4. The summed E-state index contributed by atoms with van der Waals surface area (Å²) in [6.45, 7) is 0. The summed E-state index contributed by atoms with van der Waals surface area (Å²) >= 11 is 0. The Morgan fingerprint density at radius 1 is 0.415 bits per heavy atom. The first-order valence-electron chi connectivity index (χ1n) is 13.9. The maximum atomic E-state index is 6.82. The molecule has 3 heteroatoms. The predicted molar refractivity (Wildman–Crippen MR) is 169 cm³/mol. The Hall–Kier alpha value is -5.54. The fourth-order valence-corrected chi connectivity index (χ4v) is 7.23. The molecule has 3 aromatic heterocycles. The minimum atomic E-state index is 0.887. The Labute approximate surface area is 234 Å². The number of nitrogens with zero attached hydrogens (tertiary/aromatic N) is 2. The van der Waals surface area contributed by atoms with Gasteiger partial charge in [-0.1, -0.05) is 54.6 Å². The van der Waals surface area contributed by atoms with Crippen molar-refractivity contribution in [1.82, 2.24) is 9.97 Å². The number of pyridine rings is 2. The number of furan rings is 1. The van der Waals surface area contributed by atoms with Crippen molar-refractivity contribution in [3.8, 4) is 33.6 Å². The molecule has 188 valence electrons. The van der Waals surface area contributed by atoms with Crippen LogP contribution in [0.4, 0.5) is 0 Å². The molecule has 0 N–H and O–H groups in total. The summed E-state index contributed by atoms with van der Waals surface area (Å²) in [5.74, 6) is 0.887. The third-order valence-corrected chi connectivity index (χ3v) is 8.94. The lowest BCUT2D eigenvalue weighted by Crippen LogP contribution is -1.86. The molecule has 3 heterocycles. The number of aromatic nitrogens is 2. The van der Waals surface area contributed by atoms with Crippen molar-refractivity contribution in [2.75, 3.05) is 0 Å². The fraction of sp³-hybridized carbons (Fsp3) is 0. The summed E-state index contributed by atoms with van der Waals surface area (Å²) in [6, 6.07) is 34.9. The Morgan fingerprint density at radius 3 is 1.61 bits per heavy atom. The van der Waals surface area contributed by atoms with E-state index >= 15 is 0 Å². The van der Waals surface area contributed by atoms with Gasteiger partial charge in [0, 0.05) is 46.5 Å². The van der Waals surface area contributed by atoms with E-state index in [0.717, 1.165) is 33.2 Å². The van der Waals surface area contributed by atoms with Gasteiger partial charge in [-0.25, -0.2) is 0 Å². The number of hydrogen-bond donors (Lipinski definition) is 0. The lowest BCUT2D eigenvalue weighted by atomic mass is 9.90. The van der Waals surface area contributed by atoms with Crippen LogP contribution in [0, 0.1) is 0 Å². The molecule has 0 aliphatic carbocycles. The van der Waals surface area contributed by atoms with Crippen LogP contribution in [0.2, 0.25) is 0 Å². The smallest absolute Gasteiger partial charge is 0.143 e. The van der Waals surface area contributed by atoms with Gasteiger partial charge in [0.05, 0.1) is 0 Å². The van der Waals surface area contributed by atoms with Gasteiger partial charge in [-0.15, -0.1) is 0 Å². The van der Waals surface area contributed by atoms with Crippen molar-refractivity contribution >= 4 is 64.8 Å². The van der Waals surface area contributed by atoms with Gasteiger partial charge in [-0.3, -0.25) is 9.97 Å². The molecular formula is C38H20N2O. The Morgan fingerprint density at radius 2 is 0.976 bits per heavy atom. The van der Waals surface area contributed by atoms with Crippen molar-refractivity contribution in [2.24, 2.45) is 0 Å². The molecule has 0 spiro atoms. The molecule has 3 nitrogen and oxygen atoms in total. The van der Waals surface area contributed by atoms with Crippen LogP contribution in [0.1, 0.15) is 0 Å². The van der Waals surface area contributed by atoms with Crippen LogP contribution in [0.25, 0.3) is 98.4 Å². The zero-order valence-corrected chi connectivity index (χ0v) is 21.8. The van der Waals surface area contributed by atoms with Gasteiger partial charge < -0.3 is 4.42 Å². The lowest BCUT2D eigenvalue weighted by molar-refractivity contribution is 0.635. The molecule has 0 atom stereocenters. The van der Waals surface area contributed by atoms with E-state index in [0.29, 0.717) is 0 Å². The van der Waals surface area contributed by atoms with Gasteiger partial charge in [-0.05, 0) is 108 Å². The van der Waals surface area contributed by atoms with Crippen LogP contribution in [-0.2, 0) is 0 Å². The molecule has 10 rings (SSSR count). The maximum Gasteiger partial charge on any atom is 0.143 e. The number of fused-ring (bicyclic) bond motifs is 3. The second kappa shape index (κ2) is 7.56. The SMILES string of the molecule is c1ccc(-c2cc3c4cc(-c5ccncc5)c5ccc6ccc7c(-c8ccncc8)cc(c3o2)c2c7c6c5c42)cc1. The van der Waals surface area contributed by atoms with Gasteiger partial charge in [0.1, 0.15) is 11.3 Å². The van der Waals surface area contributed by atoms with Gasteiger partial charge >= 0.3 is 0 Å². The first kappa shape index (κ1) is 21.3. The van der Waals surface area contributed by atoms with Gasteiger partial charge in [0.15, 0.2) is 0 Å². The van der Waals surface area contributed by atoms with Gasteiger partial charge in [0.2, 0.25) is 0 Å². The van der Waals surface area contributed by atoms with Crippen molar-refractivity contribution in [3.05, 3.63) is 122 Å². The van der Waals surface area contributed by atoms with E-state index < -0.39 is 0 Å². The standard InChI is InChI=1S/C38H20N2O/c1-2-4-23(5-3-1)32-20-30-29-18-27(21-10-14-39-15-11-21)25-8-6-24-7-9-26-28(22-12-16-40-17-13-22)19-31(38(30)41-32)37-35(26)33(24)34(25)36(29)37/h1-20H. The van der Waals surface area contributed by atoms with E-state index in [1.165, 1.54) is 65.2 Å². The topological polar surface area (TPSA) is 38.9 Å². The van der Waals surface area contributed by atoms with E-state index in [2.05, 4.69) is 101 Å². The molecule has 0 fully saturated rings. The van der Waals surface area contributed by atoms with E-state index in [9.17, 15) is 0 Å². The number of hydrogen-bond acceptors (Lipinski definition) is 3. The van der Waals surface area contributed by atoms with Gasteiger partial charge in [-0.2, -0.15) is 0 Å². The first-order chi connectivity index (χ1) is 20.3. The highest BCUT2D eigenvalue weighted by atomic mass is 16.3. The van der Waals surface area contributed by atoms with E-state index in [1.807, 2.05) is 30.9 Å². The molecule has 0 saturated carbocycles. The molecule has 0 radical (unpaired) electrons. The van der Waals surface area contributed by atoms with Gasteiger partial charge in [0.25, 0.3) is 0 Å². The van der Waals surface area contributed by atoms with E-state index in [1.54, 1.807) is 0 Å². The molecule has 0 amide bonds. The van der Waals surface area contributed by atoms with E-state index in [-0.39, 0.29) is 0 Å². The molecule has 0 unspecified atom stereocenters. The summed E-state index contributed by atoms with van der Waals surface area (Å²) in [6.07, 6.45) is 7.51. The quantitative estimate of drug-likeness (QED) is 0.218. The molecule has 0 bridgehead atoms. The molecule has 41 heavy (non-hydrogen) atoms. The zero-order valence-electron chi connectivity index (χ0n) is 21.8. The van der Waals surface area contributed by atoms with Crippen molar-refractivity contribution in [3.63, 3.8) is 0 Å². The summed E-state index contributed by atoms with van der Waals surface area (Å²) in [7, 11) is 0. The summed E-state index contributed by atoms with van der Waals surface area (Å²) in [5.41, 5.74) is 6.77. The number of rotatable bonds is 3. The minimum absolute atomic E-state index is 0.887. The third-order valence-electron chi connectivity index (χ3n) is 8.94. The monoisotopic (exact) mass is 520 g/mol. The molecule has 0 aliphatic heterocycles. The Balaban J connectivity index is 1.50. The zero-order chi connectivity index (χ0) is 26.7. The minimum Gasteiger partial charge on any atom is -0.455 e. The second-order valence-electron chi connectivity index (χ2n) is 11.0. The average Bonchev–Trinajstić information content (AvgIpc) is 3.65. The number of benzene rings is 6. The van der Waals surface area contributed by atoms with Crippen LogP contribution in [0.3, 0.4) is 0 Å². The Kier molecular flexibility index (Phi) is 3.93. The first-order valence-corrected chi connectivity index (χ1v) is 13.9. The van der Waals surface area contributed by atoms with Crippen LogP contribution in [-0.4, -0.2) is 9.97 Å². The highest BCUT2D eigenvalue weighted by Gasteiger charge is 2.27. The Bertz CT molecular complexity index is 2390. The van der Waals surface area contributed by atoms with Crippen molar-refractivity contribution < 1.29 is 4.42 Å². The molecule has 10 aromatic rings. The van der Waals surface area contributed by atoms with Crippen LogP contribution in [0.5, 0.6) is 0 Å². The van der Waals surface area contributed by atoms with Crippen LogP contribution >= 0.6 is 0 Å². The van der Waals surface area contributed by atoms with Crippen LogP contribution < -0.4 is 0 Å². The highest BCUT2D eigenvalue weighted by Crippen LogP contribution is 2.54. The summed E-state index contributed by atoms with van der Waals surface area (Å²) in [4.78, 5) is 8.60. The highest BCUT2D eigenvalue weighted by molar-refractivity contribution is 6.49. The van der Waals surface area contributed by atoms with Crippen LogP contribution in [0.15, 0.2) is 126 Å². The average molecular weight is 521 g/mol. The summed E-state index contributed by atoms with van der Waals surface area (Å²) in [5, 5.41) is 14.0. The van der Waals surface area contributed by atoms with Crippen molar-refractivity contribution in [2.45, 2.75) is 0 Å². The third kappa shape index (κ3) is 2.68. The molecule has 0 aliphatic rings. The predicted octanol–water partition coefficient (Wildman–Crippen LogP) is 10.3. The lowest BCUT2D eigenvalue weighted by Gasteiger charge is -2.12. The maximum absolute atomic E-state index is 6.82. The largest absolute Gasteiger partial charge is 0.455 e.